The Morgan fingerprint density at radius 3 is 2.28 bits per heavy atom. The van der Waals surface area contributed by atoms with E-state index in [2.05, 4.69) is 31.4 Å². The van der Waals surface area contributed by atoms with Gasteiger partial charge in [0, 0.05) is 12.6 Å². The summed E-state index contributed by atoms with van der Waals surface area (Å²) in [6.45, 7) is 9.45. The van der Waals surface area contributed by atoms with Crippen LogP contribution in [0.4, 0.5) is 0 Å². The van der Waals surface area contributed by atoms with E-state index in [9.17, 15) is 4.79 Å². The average Bonchev–Trinajstić information content (AvgIpc) is 3.13. The number of hydrogen-bond acceptors (Lipinski definition) is 2. The molecule has 1 rings (SSSR count). The van der Waals surface area contributed by atoms with Gasteiger partial charge in [0.05, 0.1) is 6.04 Å². The maximum absolute atomic E-state index is 12.0. The van der Waals surface area contributed by atoms with Gasteiger partial charge in [0.1, 0.15) is 0 Å². The largest absolute Gasteiger partial charge is 0.352 e. The Bertz CT molecular complexity index is 257. The van der Waals surface area contributed by atoms with Crippen molar-refractivity contribution >= 4 is 5.91 Å². The predicted octanol–water partition coefficient (Wildman–Crippen LogP) is 2.85. The fourth-order valence-corrected chi connectivity index (χ4v) is 2.50. The molecule has 2 N–H and O–H groups in total. The third-order valence-corrected chi connectivity index (χ3v) is 4.25. The minimum atomic E-state index is -0.0695. The van der Waals surface area contributed by atoms with Gasteiger partial charge in [-0.25, -0.2) is 0 Å². The lowest BCUT2D eigenvalue weighted by Gasteiger charge is -2.22. The highest BCUT2D eigenvalue weighted by Crippen LogP contribution is 2.48. The lowest BCUT2D eigenvalue weighted by atomic mass is 10.0. The fraction of sp³-hybridized carbons (Fsp3) is 0.933. The normalized spacial score (nSPS) is 18.7. The molecule has 1 aliphatic carbocycles. The summed E-state index contributed by atoms with van der Waals surface area (Å²) in [6.07, 6.45) is 7.21. The molecule has 0 saturated heterocycles. The predicted molar refractivity (Wildman–Crippen MR) is 76.6 cm³/mol. The molecule has 1 aliphatic rings. The van der Waals surface area contributed by atoms with E-state index in [4.69, 9.17) is 0 Å². The van der Waals surface area contributed by atoms with E-state index in [1.54, 1.807) is 0 Å². The number of nitrogens with one attached hydrogen (secondary N) is 2. The van der Waals surface area contributed by atoms with Crippen LogP contribution in [0, 0.1) is 5.41 Å². The van der Waals surface area contributed by atoms with Crippen molar-refractivity contribution in [1.29, 1.82) is 0 Å². The molecular weight excluding hydrogens is 224 g/mol. The zero-order chi connectivity index (χ0) is 13.6. The number of amides is 1. The van der Waals surface area contributed by atoms with E-state index in [1.165, 1.54) is 25.7 Å². The van der Waals surface area contributed by atoms with E-state index in [-0.39, 0.29) is 11.9 Å². The summed E-state index contributed by atoms with van der Waals surface area (Å²) in [4.78, 5) is 12.0. The smallest absolute Gasteiger partial charge is 0.237 e. The summed E-state index contributed by atoms with van der Waals surface area (Å²) in [6, 6.07) is 0.257. The second kappa shape index (κ2) is 7.13. The molecule has 0 aromatic rings. The van der Waals surface area contributed by atoms with E-state index in [1.807, 2.05) is 6.92 Å². The fourth-order valence-electron chi connectivity index (χ4n) is 2.50. The molecule has 0 spiro atoms. The molecule has 0 bridgehead atoms. The van der Waals surface area contributed by atoms with Crippen molar-refractivity contribution in [1.82, 2.24) is 10.6 Å². The molecule has 106 valence electrons. The third-order valence-electron chi connectivity index (χ3n) is 4.25. The first-order valence-corrected chi connectivity index (χ1v) is 7.60. The van der Waals surface area contributed by atoms with Gasteiger partial charge in [-0.05, 0) is 44.4 Å². The topological polar surface area (TPSA) is 41.1 Å². The Kier molecular flexibility index (Phi) is 6.13. The number of rotatable bonds is 9. The van der Waals surface area contributed by atoms with Gasteiger partial charge < -0.3 is 10.6 Å². The molecule has 1 amide bonds. The van der Waals surface area contributed by atoms with Crippen LogP contribution in [-0.4, -0.2) is 24.5 Å². The Balaban J connectivity index is 2.27. The van der Waals surface area contributed by atoms with Gasteiger partial charge in [0.2, 0.25) is 5.91 Å². The summed E-state index contributed by atoms with van der Waals surface area (Å²) < 4.78 is 0. The van der Waals surface area contributed by atoms with Crippen molar-refractivity contribution in [3.8, 4) is 0 Å². The minimum absolute atomic E-state index is 0.0695. The van der Waals surface area contributed by atoms with Gasteiger partial charge in [-0.3, -0.25) is 4.79 Å². The van der Waals surface area contributed by atoms with E-state index in [0.29, 0.717) is 11.5 Å². The minimum Gasteiger partial charge on any atom is -0.352 e. The molecule has 18 heavy (non-hydrogen) atoms. The Morgan fingerprint density at radius 1 is 1.22 bits per heavy atom. The summed E-state index contributed by atoms with van der Waals surface area (Å²) in [5.74, 6) is 0.149. The van der Waals surface area contributed by atoms with Gasteiger partial charge in [-0.1, -0.05) is 27.2 Å². The van der Waals surface area contributed by atoms with Gasteiger partial charge in [-0.2, -0.15) is 0 Å². The number of hydrogen-bond donors (Lipinski definition) is 2. The van der Waals surface area contributed by atoms with Crippen LogP contribution in [0.2, 0.25) is 0 Å². The van der Waals surface area contributed by atoms with Crippen molar-refractivity contribution in [2.75, 3.05) is 6.54 Å². The Morgan fingerprint density at radius 2 is 1.83 bits per heavy atom. The van der Waals surface area contributed by atoms with Crippen LogP contribution >= 0.6 is 0 Å². The molecule has 1 unspecified atom stereocenters. The molecule has 0 aromatic carbocycles. The average molecular weight is 254 g/mol. The molecule has 3 heteroatoms. The maximum atomic E-state index is 12.0. The molecule has 1 atom stereocenters. The zero-order valence-corrected chi connectivity index (χ0v) is 12.5. The van der Waals surface area contributed by atoms with Crippen molar-refractivity contribution in [3.05, 3.63) is 0 Å². The Labute approximate surface area is 112 Å². The quantitative estimate of drug-likeness (QED) is 0.664. The van der Waals surface area contributed by atoms with Crippen LogP contribution in [-0.2, 0) is 4.79 Å². The van der Waals surface area contributed by atoms with Gasteiger partial charge in [0.15, 0.2) is 0 Å². The highest BCUT2D eigenvalue weighted by molar-refractivity contribution is 5.81. The molecule has 0 aliphatic heterocycles. The van der Waals surface area contributed by atoms with Gasteiger partial charge in [-0.15, -0.1) is 0 Å². The standard InChI is InChI=1S/C15H30N2O/c1-5-8-15(9-10-15)11-16-12(4)14(18)17-13(6-2)7-3/h12-13,16H,5-11H2,1-4H3,(H,17,18). The SMILES string of the molecule is CCCC1(CNC(C)C(=O)NC(CC)CC)CC1. The van der Waals surface area contributed by atoms with Crippen LogP contribution in [0.1, 0.15) is 66.2 Å². The highest BCUT2D eigenvalue weighted by Gasteiger charge is 2.41. The Hall–Kier alpha value is -0.570. The molecule has 1 fully saturated rings. The summed E-state index contributed by atoms with van der Waals surface area (Å²) in [5, 5.41) is 6.51. The third kappa shape index (κ3) is 4.60. The van der Waals surface area contributed by atoms with Crippen LogP contribution in [0.5, 0.6) is 0 Å². The maximum Gasteiger partial charge on any atom is 0.237 e. The van der Waals surface area contributed by atoms with E-state index >= 15 is 0 Å². The molecule has 0 heterocycles. The van der Waals surface area contributed by atoms with Crippen LogP contribution < -0.4 is 10.6 Å². The molecule has 1 saturated carbocycles. The van der Waals surface area contributed by atoms with Crippen LogP contribution in [0.15, 0.2) is 0 Å². The molecule has 3 nitrogen and oxygen atoms in total. The van der Waals surface area contributed by atoms with Crippen molar-refractivity contribution in [3.63, 3.8) is 0 Å². The van der Waals surface area contributed by atoms with Crippen LogP contribution in [0.3, 0.4) is 0 Å². The second-order valence-corrected chi connectivity index (χ2v) is 5.87. The van der Waals surface area contributed by atoms with E-state index in [0.717, 1.165) is 19.4 Å². The zero-order valence-electron chi connectivity index (χ0n) is 12.5. The summed E-state index contributed by atoms with van der Waals surface area (Å²) >= 11 is 0. The second-order valence-electron chi connectivity index (χ2n) is 5.87. The molecule has 0 aromatic heterocycles. The lowest BCUT2D eigenvalue weighted by Crippen LogP contribution is -2.47. The van der Waals surface area contributed by atoms with Crippen LogP contribution in [0.25, 0.3) is 0 Å². The van der Waals surface area contributed by atoms with Gasteiger partial charge in [0.25, 0.3) is 0 Å². The molecule has 0 radical (unpaired) electrons. The summed E-state index contributed by atoms with van der Waals surface area (Å²) in [7, 11) is 0. The number of carbonyl (C=O) groups is 1. The van der Waals surface area contributed by atoms with Crippen molar-refractivity contribution in [2.45, 2.75) is 78.3 Å². The highest BCUT2D eigenvalue weighted by atomic mass is 16.2. The van der Waals surface area contributed by atoms with Crippen molar-refractivity contribution in [2.24, 2.45) is 5.41 Å². The van der Waals surface area contributed by atoms with Gasteiger partial charge >= 0.3 is 0 Å². The lowest BCUT2D eigenvalue weighted by molar-refractivity contribution is -0.123. The summed E-state index contributed by atoms with van der Waals surface area (Å²) in [5.41, 5.74) is 0.512. The first-order valence-electron chi connectivity index (χ1n) is 7.60. The van der Waals surface area contributed by atoms with E-state index < -0.39 is 0 Å². The first-order chi connectivity index (χ1) is 8.56. The first kappa shape index (κ1) is 15.5. The van der Waals surface area contributed by atoms with Crippen molar-refractivity contribution < 1.29 is 4.79 Å². The molecular formula is C15H30N2O. The number of carbonyl (C=O) groups excluding carboxylic acids is 1. The monoisotopic (exact) mass is 254 g/mol.